The Morgan fingerprint density at radius 2 is 1.90 bits per heavy atom. The van der Waals surface area contributed by atoms with Crippen LogP contribution in [-0.2, 0) is 25.1 Å². The summed E-state index contributed by atoms with van der Waals surface area (Å²) in [6, 6.07) is 5.67. The summed E-state index contributed by atoms with van der Waals surface area (Å²) in [6.07, 6.45) is 0. The van der Waals surface area contributed by atoms with Gasteiger partial charge in [-0.05, 0) is 6.07 Å². The molecule has 1 saturated heterocycles. The second-order valence-corrected chi connectivity index (χ2v) is 6.68. The van der Waals surface area contributed by atoms with Gasteiger partial charge in [-0.1, -0.05) is 18.2 Å². The van der Waals surface area contributed by atoms with Crippen molar-refractivity contribution in [2.24, 2.45) is 0 Å². The minimum Gasteiger partial charge on any atom is -0.378 e. The standard InChI is InChI=1S/C13H16FNO4S/c14-12-4-2-1-3-11(12)9-20(17,18)10-13(16)15-5-7-19-8-6-15/h1-4H,5-10H2. The number of nitrogens with zero attached hydrogens (tertiary/aromatic N) is 1. The van der Waals surface area contributed by atoms with E-state index in [-0.39, 0.29) is 5.56 Å². The Labute approximate surface area is 117 Å². The van der Waals surface area contributed by atoms with E-state index in [2.05, 4.69) is 0 Å². The van der Waals surface area contributed by atoms with Gasteiger partial charge in [0.15, 0.2) is 9.84 Å². The van der Waals surface area contributed by atoms with E-state index < -0.39 is 33.1 Å². The highest BCUT2D eigenvalue weighted by Crippen LogP contribution is 2.12. The summed E-state index contributed by atoms with van der Waals surface area (Å²) in [6.45, 7) is 1.63. The molecule has 2 rings (SSSR count). The van der Waals surface area contributed by atoms with Gasteiger partial charge in [0.25, 0.3) is 0 Å². The van der Waals surface area contributed by atoms with Gasteiger partial charge in [-0.2, -0.15) is 0 Å². The predicted octanol–water partition coefficient (Wildman–Crippen LogP) is 0.599. The van der Waals surface area contributed by atoms with E-state index in [1.54, 1.807) is 6.07 Å². The Bertz CT molecular complexity index is 582. The van der Waals surface area contributed by atoms with Crippen LogP contribution in [0.3, 0.4) is 0 Å². The molecule has 0 atom stereocenters. The fraction of sp³-hybridized carbons (Fsp3) is 0.462. The maximum Gasteiger partial charge on any atom is 0.237 e. The Kier molecular flexibility index (Phi) is 4.72. The van der Waals surface area contributed by atoms with E-state index in [4.69, 9.17) is 4.74 Å². The van der Waals surface area contributed by atoms with Gasteiger partial charge in [0.2, 0.25) is 5.91 Å². The van der Waals surface area contributed by atoms with E-state index >= 15 is 0 Å². The van der Waals surface area contributed by atoms with Crippen LogP contribution >= 0.6 is 0 Å². The molecule has 1 aliphatic heterocycles. The molecule has 5 nitrogen and oxygen atoms in total. The second kappa shape index (κ2) is 6.32. The Morgan fingerprint density at radius 3 is 2.55 bits per heavy atom. The van der Waals surface area contributed by atoms with Crippen molar-refractivity contribution in [3.63, 3.8) is 0 Å². The third kappa shape index (κ3) is 4.01. The SMILES string of the molecule is O=C(CS(=O)(=O)Cc1ccccc1F)N1CCOCC1. The molecule has 1 heterocycles. The number of benzene rings is 1. The zero-order chi connectivity index (χ0) is 14.6. The van der Waals surface area contributed by atoms with Crippen molar-refractivity contribution in [2.45, 2.75) is 5.75 Å². The molecule has 0 unspecified atom stereocenters. The topological polar surface area (TPSA) is 63.7 Å². The van der Waals surface area contributed by atoms with E-state index in [1.165, 1.54) is 23.1 Å². The van der Waals surface area contributed by atoms with Crippen LogP contribution < -0.4 is 0 Å². The number of morpholine rings is 1. The van der Waals surface area contributed by atoms with Crippen molar-refractivity contribution >= 4 is 15.7 Å². The highest BCUT2D eigenvalue weighted by atomic mass is 32.2. The lowest BCUT2D eigenvalue weighted by atomic mass is 10.2. The van der Waals surface area contributed by atoms with Crippen molar-refractivity contribution in [3.8, 4) is 0 Å². The minimum absolute atomic E-state index is 0.0854. The highest BCUT2D eigenvalue weighted by molar-refractivity contribution is 7.91. The first kappa shape index (κ1) is 14.9. The molecule has 1 aromatic rings. The molecule has 0 aliphatic carbocycles. The van der Waals surface area contributed by atoms with Gasteiger partial charge in [0, 0.05) is 18.7 Å². The largest absolute Gasteiger partial charge is 0.378 e. The lowest BCUT2D eigenvalue weighted by molar-refractivity contribution is -0.132. The average molecular weight is 301 g/mol. The zero-order valence-corrected chi connectivity index (χ0v) is 11.7. The first-order chi connectivity index (χ1) is 9.48. The third-order valence-corrected chi connectivity index (χ3v) is 4.48. The van der Waals surface area contributed by atoms with Crippen molar-refractivity contribution in [1.29, 1.82) is 0 Å². The van der Waals surface area contributed by atoms with Gasteiger partial charge in [-0.3, -0.25) is 4.79 Å². The number of amides is 1. The number of ether oxygens (including phenoxy) is 1. The van der Waals surface area contributed by atoms with Crippen LogP contribution in [0.4, 0.5) is 4.39 Å². The first-order valence-electron chi connectivity index (χ1n) is 6.27. The lowest BCUT2D eigenvalue weighted by Gasteiger charge is -2.26. The average Bonchev–Trinajstić information content (AvgIpc) is 2.41. The molecule has 0 N–H and O–H groups in total. The van der Waals surface area contributed by atoms with Crippen LogP contribution in [0.25, 0.3) is 0 Å². The van der Waals surface area contributed by atoms with Gasteiger partial charge >= 0.3 is 0 Å². The number of carbonyl (C=O) groups excluding carboxylic acids is 1. The lowest BCUT2D eigenvalue weighted by Crippen LogP contribution is -2.43. The summed E-state index contributed by atoms with van der Waals surface area (Å²) in [5.74, 6) is -2.09. The molecule has 20 heavy (non-hydrogen) atoms. The maximum absolute atomic E-state index is 13.4. The maximum atomic E-state index is 13.4. The Hall–Kier alpha value is -1.47. The zero-order valence-electron chi connectivity index (χ0n) is 10.9. The Balaban J connectivity index is 2.00. The number of halogens is 1. The number of hydrogen-bond donors (Lipinski definition) is 0. The molecular formula is C13H16FNO4S. The van der Waals surface area contributed by atoms with Crippen LogP contribution in [0, 0.1) is 5.82 Å². The molecule has 110 valence electrons. The van der Waals surface area contributed by atoms with Crippen molar-refractivity contribution in [3.05, 3.63) is 35.6 Å². The number of sulfone groups is 1. The molecule has 0 radical (unpaired) electrons. The third-order valence-electron chi connectivity index (χ3n) is 3.04. The smallest absolute Gasteiger partial charge is 0.237 e. The van der Waals surface area contributed by atoms with Gasteiger partial charge in [-0.25, -0.2) is 12.8 Å². The number of rotatable bonds is 4. The summed E-state index contributed by atoms with van der Waals surface area (Å²) in [5, 5.41) is 0. The van der Waals surface area contributed by atoms with Gasteiger partial charge < -0.3 is 9.64 Å². The fourth-order valence-electron chi connectivity index (χ4n) is 2.00. The van der Waals surface area contributed by atoms with Crippen LogP contribution in [0.15, 0.2) is 24.3 Å². The molecule has 1 aliphatic rings. The minimum atomic E-state index is -3.68. The normalized spacial score (nSPS) is 16.1. The van der Waals surface area contributed by atoms with Crippen LogP contribution in [0.1, 0.15) is 5.56 Å². The monoisotopic (exact) mass is 301 g/mol. The highest BCUT2D eigenvalue weighted by Gasteiger charge is 2.24. The van der Waals surface area contributed by atoms with Gasteiger partial charge in [-0.15, -0.1) is 0 Å². The first-order valence-corrected chi connectivity index (χ1v) is 8.09. The van der Waals surface area contributed by atoms with E-state index in [1.807, 2.05) is 0 Å². The van der Waals surface area contributed by atoms with Gasteiger partial charge in [0.05, 0.1) is 19.0 Å². The molecule has 1 fully saturated rings. The fourth-order valence-corrected chi connectivity index (χ4v) is 3.36. The molecule has 1 amide bonds. The summed E-state index contributed by atoms with van der Waals surface area (Å²) in [7, 11) is -3.68. The van der Waals surface area contributed by atoms with E-state index in [9.17, 15) is 17.6 Å². The summed E-state index contributed by atoms with van der Waals surface area (Å²) < 4.78 is 42.5. The molecule has 0 saturated carbocycles. The van der Waals surface area contributed by atoms with Crippen molar-refractivity contribution in [2.75, 3.05) is 32.1 Å². The van der Waals surface area contributed by atoms with Crippen molar-refractivity contribution in [1.82, 2.24) is 4.90 Å². The summed E-state index contributed by atoms with van der Waals surface area (Å²) >= 11 is 0. The predicted molar refractivity (Wildman–Crippen MR) is 71.3 cm³/mol. The van der Waals surface area contributed by atoms with Crippen LogP contribution in [0.2, 0.25) is 0 Å². The number of carbonyl (C=O) groups is 1. The van der Waals surface area contributed by atoms with Crippen molar-refractivity contribution < 1.29 is 22.3 Å². The molecule has 0 bridgehead atoms. The van der Waals surface area contributed by atoms with Crippen LogP contribution in [-0.4, -0.2) is 51.3 Å². The molecular weight excluding hydrogens is 285 g/mol. The van der Waals surface area contributed by atoms with E-state index in [0.717, 1.165) is 0 Å². The summed E-state index contributed by atoms with van der Waals surface area (Å²) in [4.78, 5) is 13.3. The molecule has 0 spiro atoms. The summed E-state index contributed by atoms with van der Waals surface area (Å²) in [5.41, 5.74) is 0.0854. The quantitative estimate of drug-likeness (QED) is 0.817. The van der Waals surface area contributed by atoms with Gasteiger partial charge in [0.1, 0.15) is 11.6 Å². The molecule has 0 aromatic heterocycles. The second-order valence-electron chi connectivity index (χ2n) is 4.62. The Morgan fingerprint density at radius 1 is 1.25 bits per heavy atom. The molecule has 1 aromatic carbocycles. The molecule has 7 heteroatoms. The van der Waals surface area contributed by atoms with Crippen LogP contribution in [0.5, 0.6) is 0 Å². The van der Waals surface area contributed by atoms with E-state index in [0.29, 0.717) is 26.3 Å². The number of hydrogen-bond acceptors (Lipinski definition) is 4.